The molecule has 3 fully saturated rings. The van der Waals surface area contributed by atoms with Gasteiger partial charge in [-0.25, -0.2) is 0 Å². The van der Waals surface area contributed by atoms with Crippen LogP contribution in [0.3, 0.4) is 0 Å². The number of pyridine rings is 1. The molecule has 6 aliphatic rings. The van der Waals surface area contributed by atoms with Crippen LogP contribution in [0.1, 0.15) is 104 Å². The van der Waals surface area contributed by atoms with Crippen molar-refractivity contribution in [2.45, 2.75) is 116 Å². The number of aryl methyl sites for hydroxylation is 2. The van der Waals surface area contributed by atoms with Crippen molar-refractivity contribution in [3.8, 4) is 11.5 Å². The molecule has 6 nitrogen and oxygen atoms in total. The average molecular weight is 558 g/mol. The van der Waals surface area contributed by atoms with E-state index in [9.17, 15) is 4.79 Å². The SMILES string of the molecule is Cc1cc(C)c(CN2CCc3c(c(C)c4c(c3C3=CCCC3)OC(C)(C35CCC(N(C)C)(CC3)CC5)O4)C2)c(=O)[nH]1. The van der Waals surface area contributed by atoms with Crippen molar-refractivity contribution in [1.82, 2.24) is 14.8 Å². The lowest BCUT2D eigenvalue weighted by atomic mass is 9.54. The van der Waals surface area contributed by atoms with Crippen molar-refractivity contribution in [3.05, 3.63) is 61.6 Å². The number of allylic oxidation sites excluding steroid dienone is 2. The topological polar surface area (TPSA) is 57.8 Å². The molecule has 1 aromatic carbocycles. The van der Waals surface area contributed by atoms with E-state index in [2.05, 4.69) is 61.8 Å². The Kier molecular flexibility index (Phi) is 6.30. The van der Waals surface area contributed by atoms with Gasteiger partial charge in [0.25, 0.3) is 11.3 Å². The van der Waals surface area contributed by atoms with Gasteiger partial charge in [-0.2, -0.15) is 0 Å². The first-order chi connectivity index (χ1) is 19.5. The van der Waals surface area contributed by atoms with Gasteiger partial charge in [0.05, 0.1) is 0 Å². The zero-order valence-electron chi connectivity index (χ0n) is 26.0. The molecule has 41 heavy (non-hydrogen) atoms. The van der Waals surface area contributed by atoms with Crippen LogP contribution >= 0.6 is 0 Å². The largest absolute Gasteiger partial charge is 0.448 e. The predicted octanol–water partition coefficient (Wildman–Crippen LogP) is 6.57. The molecule has 0 spiro atoms. The fraction of sp³-hybridized carbons (Fsp3) is 0.629. The van der Waals surface area contributed by atoms with Crippen LogP contribution in [0.2, 0.25) is 0 Å². The highest BCUT2D eigenvalue weighted by atomic mass is 16.7. The van der Waals surface area contributed by atoms with Crippen LogP contribution in [0, 0.1) is 26.2 Å². The average Bonchev–Trinajstić information content (AvgIpc) is 3.61. The molecule has 1 atom stereocenters. The lowest BCUT2D eigenvalue weighted by molar-refractivity contribution is -0.211. The fourth-order valence-electron chi connectivity index (χ4n) is 9.04. The lowest BCUT2D eigenvalue weighted by Gasteiger charge is -2.59. The van der Waals surface area contributed by atoms with Gasteiger partial charge in [0, 0.05) is 54.3 Å². The molecule has 220 valence electrons. The summed E-state index contributed by atoms with van der Waals surface area (Å²) in [5.41, 5.74) is 10.1. The van der Waals surface area contributed by atoms with Gasteiger partial charge in [-0.15, -0.1) is 0 Å². The van der Waals surface area contributed by atoms with Crippen molar-refractivity contribution < 1.29 is 9.47 Å². The molecular formula is C35H47N3O3. The summed E-state index contributed by atoms with van der Waals surface area (Å²) in [6.07, 6.45) is 14.0. The van der Waals surface area contributed by atoms with Gasteiger partial charge in [-0.3, -0.25) is 9.69 Å². The number of hydrogen-bond donors (Lipinski definition) is 1. The number of benzene rings is 1. The summed E-state index contributed by atoms with van der Waals surface area (Å²) in [6, 6.07) is 2.09. The molecule has 0 saturated heterocycles. The zero-order chi connectivity index (χ0) is 28.7. The molecular weight excluding hydrogens is 510 g/mol. The second kappa shape index (κ2) is 9.47. The third kappa shape index (κ3) is 4.07. The second-order valence-corrected chi connectivity index (χ2v) is 14.2. The van der Waals surface area contributed by atoms with Crippen LogP contribution in [0.5, 0.6) is 11.5 Å². The zero-order valence-corrected chi connectivity index (χ0v) is 26.0. The van der Waals surface area contributed by atoms with Gasteiger partial charge in [0.2, 0.25) is 0 Å². The van der Waals surface area contributed by atoms with Gasteiger partial charge in [0.15, 0.2) is 11.5 Å². The Morgan fingerprint density at radius 2 is 1.68 bits per heavy atom. The van der Waals surface area contributed by atoms with Crippen molar-refractivity contribution in [3.63, 3.8) is 0 Å². The van der Waals surface area contributed by atoms with E-state index in [1.54, 1.807) is 0 Å². The maximum Gasteiger partial charge on any atom is 0.254 e. The van der Waals surface area contributed by atoms with Crippen LogP contribution < -0.4 is 15.0 Å². The van der Waals surface area contributed by atoms with E-state index in [-0.39, 0.29) is 11.0 Å². The van der Waals surface area contributed by atoms with Crippen LogP contribution in [0.4, 0.5) is 0 Å². The number of nitrogens with zero attached hydrogens (tertiary/aromatic N) is 2. The number of ether oxygens (including phenoxy) is 2. The van der Waals surface area contributed by atoms with E-state index in [0.717, 1.165) is 79.9 Å². The molecule has 2 aromatic rings. The molecule has 3 heterocycles. The van der Waals surface area contributed by atoms with E-state index in [1.807, 2.05) is 6.92 Å². The number of H-pyrrole nitrogens is 1. The summed E-state index contributed by atoms with van der Waals surface area (Å²) in [5.74, 6) is 1.35. The Morgan fingerprint density at radius 1 is 0.976 bits per heavy atom. The summed E-state index contributed by atoms with van der Waals surface area (Å²) in [7, 11) is 4.51. The number of aromatic nitrogens is 1. The number of nitrogens with one attached hydrogen (secondary N) is 1. The van der Waals surface area contributed by atoms with Gasteiger partial charge >= 0.3 is 0 Å². The Balaban J connectivity index is 1.25. The second-order valence-electron chi connectivity index (χ2n) is 14.2. The normalized spacial score (nSPS) is 30.7. The predicted molar refractivity (Wildman–Crippen MR) is 164 cm³/mol. The summed E-state index contributed by atoms with van der Waals surface area (Å²) in [5, 5.41) is 0. The Hall–Kier alpha value is -2.57. The standard InChI is InChI=1S/C35H47N3O3/c1-22-19-23(2)36-32(39)27(22)20-38-18-11-26-28(21-38)24(3)30-31(29(26)25-9-7-8-10-25)41-33(4,40-30)34-12-15-35(16-13-34,17-14-34)37(5)6/h9,19H,7-8,10-18,20-21H2,1-6H3,(H,36,39). The lowest BCUT2D eigenvalue weighted by Crippen LogP contribution is -2.62. The first kappa shape index (κ1) is 27.3. The number of rotatable bonds is 5. The van der Waals surface area contributed by atoms with Gasteiger partial charge in [-0.05, 0) is 133 Å². The summed E-state index contributed by atoms with van der Waals surface area (Å²) in [6.45, 7) is 10.9. The monoisotopic (exact) mass is 557 g/mol. The van der Waals surface area contributed by atoms with E-state index < -0.39 is 5.79 Å². The van der Waals surface area contributed by atoms with Crippen molar-refractivity contribution >= 4 is 5.57 Å². The molecule has 2 aliphatic heterocycles. The van der Waals surface area contributed by atoms with E-state index in [4.69, 9.17) is 9.47 Å². The number of aromatic amines is 1. The Bertz CT molecular complexity index is 1480. The van der Waals surface area contributed by atoms with Crippen molar-refractivity contribution in [2.75, 3.05) is 20.6 Å². The molecule has 1 unspecified atom stereocenters. The maximum absolute atomic E-state index is 12.8. The molecule has 2 bridgehead atoms. The molecule has 3 saturated carbocycles. The molecule has 0 radical (unpaired) electrons. The Morgan fingerprint density at radius 3 is 2.32 bits per heavy atom. The van der Waals surface area contributed by atoms with E-state index in [0.29, 0.717) is 12.1 Å². The third-order valence-corrected chi connectivity index (χ3v) is 11.9. The summed E-state index contributed by atoms with van der Waals surface area (Å²) < 4.78 is 14.3. The molecule has 6 heteroatoms. The van der Waals surface area contributed by atoms with Gasteiger partial charge in [0.1, 0.15) is 0 Å². The Labute approximate surface area is 245 Å². The third-order valence-electron chi connectivity index (χ3n) is 11.9. The first-order valence-electron chi connectivity index (χ1n) is 15.9. The smallest absolute Gasteiger partial charge is 0.254 e. The summed E-state index contributed by atoms with van der Waals surface area (Å²) in [4.78, 5) is 20.8. The molecule has 8 rings (SSSR count). The van der Waals surface area contributed by atoms with E-state index in [1.165, 1.54) is 53.5 Å². The van der Waals surface area contributed by atoms with Crippen LogP contribution in [0.15, 0.2) is 16.9 Å². The van der Waals surface area contributed by atoms with E-state index >= 15 is 0 Å². The van der Waals surface area contributed by atoms with Crippen molar-refractivity contribution in [2.24, 2.45) is 5.41 Å². The van der Waals surface area contributed by atoms with Gasteiger partial charge in [-0.1, -0.05) is 6.08 Å². The minimum Gasteiger partial charge on any atom is -0.448 e. The van der Waals surface area contributed by atoms with Crippen LogP contribution in [0.25, 0.3) is 5.57 Å². The van der Waals surface area contributed by atoms with Crippen molar-refractivity contribution in [1.29, 1.82) is 0 Å². The highest BCUT2D eigenvalue weighted by Crippen LogP contribution is 2.63. The molecule has 1 aromatic heterocycles. The quantitative estimate of drug-likeness (QED) is 0.451. The molecule has 1 N–H and O–H groups in total. The maximum atomic E-state index is 12.8. The number of fused-ring (bicyclic) bond motifs is 5. The highest BCUT2D eigenvalue weighted by Gasteiger charge is 2.62. The minimum absolute atomic E-state index is 0.0424. The van der Waals surface area contributed by atoms with Crippen LogP contribution in [-0.4, -0.2) is 46.7 Å². The minimum atomic E-state index is -0.636. The number of hydrogen-bond acceptors (Lipinski definition) is 5. The summed E-state index contributed by atoms with van der Waals surface area (Å²) >= 11 is 0. The highest BCUT2D eigenvalue weighted by molar-refractivity contribution is 5.80. The van der Waals surface area contributed by atoms with Gasteiger partial charge < -0.3 is 19.4 Å². The van der Waals surface area contributed by atoms with Crippen LogP contribution in [-0.2, 0) is 19.5 Å². The first-order valence-corrected chi connectivity index (χ1v) is 15.9. The molecule has 4 aliphatic carbocycles. The molecule has 0 amide bonds. The fourth-order valence-corrected chi connectivity index (χ4v) is 9.04.